The monoisotopic (exact) mass is 367 g/mol. The lowest BCUT2D eigenvalue weighted by atomic mass is 9.90. The molecule has 0 aromatic carbocycles. The summed E-state index contributed by atoms with van der Waals surface area (Å²) in [7, 11) is 0. The molecule has 2 saturated heterocycles. The Hall–Kier alpha value is -1.09. The molecule has 1 aromatic heterocycles. The molecule has 0 radical (unpaired) electrons. The molecule has 0 spiro atoms. The van der Waals surface area contributed by atoms with Gasteiger partial charge in [0, 0.05) is 19.6 Å². The minimum atomic E-state index is -0.605. The number of β-amino-alcohol motifs (C(OH)–C–C–N with tert-alkyl or cyclic N) is 1. The molecule has 8 heteroatoms. The van der Waals surface area contributed by atoms with Crippen LogP contribution in [0.4, 0.5) is 5.13 Å². The summed E-state index contributed by atoms with van der Waals surface area (Å²) >= 11 is 1.42. The van der Waals surface area contributed by atoms with Crippen LogP contribution in [0.5, 0.6) is 0 Å². The number of aromatic nitrogens is 2. The Labute approximate surface area is 153 Å². The van der Waals surface area contributed by atoms with E-state index in [1.165, 1.54) is 24.2 Å². The molecule has 2 aliphatic heterocycles. The van der Waals surface area contributed by atoms with Gasteiger partial charge in [0.05, 0.1) is 11.6 Å². The average Bonchev–Trinajstić information content (AvgIpc) is 3.26. The fourth-order valence-corrected chi connectivity index (χ4v) is 4.35. The number of nitrogens with zero attached hydrogens (tertiary/aromatic N) is 4. The van der Waals surface area contributed by atoms with E-state index in [-0.39, 0.29) is 11.9 Å². The average molecular weight is 368 g/mol. The number of hydrogen-bond donors (Lipinski definition) is 2. The molecule has 3 heterocycles. The Balaban J connectivity index is 1.48. The van der Waals surface area contributed by atoms with Gasteiger partial charge in [0.15, 0.2) is 0 Å². The van der Waals surface area contributed by atoms with Crippen LogP contribution in [0.25, 0.3) is 0 Å². The fraction of sp³-hybridized carbons (Fsp3) is 0.824. The van der Waals surface area contributed by atoms with E-state index in [0.717, 1.165) is 57.0 Å². The van der Waals surface area contributed by atoms with Gasteiger partial charge in [0.2, 0.25) is 11.0 Å². The summed E-state index contributed by atoms with van der Waals surface area (Å²) in [5, 5.41) is 23.2. The van der Waals surface area contributed by atoms with Crippen LogP contribution >= 0.6 is 11.3 Å². The smallest absolute Gasteiger partial charge is 0.243 e. The minimum Gasteiger partial charge on any atom is -0.388 e. The van der Waals surface area contributed by atoms with E-state index in [9.17, 15) is 9.90 Å². The Bertz CT molecular complexity index is 579. The van der Waals surface area contributed by atoms with E-state index < -0.39 is 5.60 Å². The topological polar surface area (TPSA) is 81.6 Å². The van der Waals surface area contributed by atoms with E-state index in [2.05, 4.69) is 25.3 Å². The zero-order valence-electron chi connectivity index (χ0n) is 15.2. The third kappa shape index (κ3) is 4.75. The second kappa shape index (κ2) is 8.07. The van der Waals surface area contributed by atoms with Crippen molar-refractivity contribution < 1.29 is 9.90 Å². The summed E-state index contributed by atoms with van der Waals surface area (Å²) in [5.74, 6) is -0.0521. The number of carbonyl (C=O) groups is 1. The number of anilines is 1. The highest BCUT2D eigenvalue weighted by molar-refractivity contribution is 7.15. The summed E-state index contributed by atoms with van der Waals surface area (Å²) in [6.45, 7) is 8.41. The van der Waals surface area contributed by atoms with Crippen molar-refractivity contribution in [2.75, 3.05) is 38.0 Å². The van der Waals surface area contributed by atoms with Crippen molar-refractivity contribution in [3.8, 4) is 0 Å². The van der Waals surface area contributed by atoms with Crippen molar-refractivity contribution in [1.29, 1.82) is 0 Å². The third-order valence-corrected chi connectivity index (χ3v) is 6.35. The molecule has 2 N–H and O–H groups in total. The fourth-order valence-electron chi connectivity index (χ4n) is 3.67. The first kappa shape index (κ1) is 18.7. The summed E-state index contributed by atoms with van der Waals surface area (Å²) < 4.78 is 0. The number of piperidine rings is 1. The van der Waals surface area contributed by atoms with Crippen LogP contribution in [-0.2, 0) is 11.2 Å². The number of aryl methyl sites for hydroxylation is 1. The van der Waals surface area contributed by atoms with Crippen molar-refractivity contribution in [3.63, 3.8) is 0 Å². The van der Waals surface area contributed by atoms with Crippen LogP contribution in [0.1, 0.15) is 44.5 Å². The van der Waals surface area contributed by atoms with Gasteiger partial charge in [-0.1, -0.05) is 18.3 Å². The van der Waals surface area contributed by atoms with Crippen LogP contribution in [0.15, 0.2) is 0 Å². The lowest BCUT2D eigenvalue weighted by Crippen LogP contribution is -2.54. The standard InChI is InChI=1S/C17H29N5O2S/c1-3-14-19-20-16(25-14)18-15(23)13(2)22-10-6-17(24,7-11-22)12-21-8-4-5-9-21/h13,24H,3-12H2,1-2H3,(H,18,20,23)/t13-/m0/s1. The predicted octanol–water partition coefficient (Wildman–Crippen LogP) is 1.35. The molecule has 1 amide bonds. The van der Waals surface area contributed by atoms with Gasteiger partial charge in [-0.25, -0.2) is 0 Å². The van der Waals surface area contributed by atoms with Gasteiger partial charge >= 0.3 is 0 Å². The Morgan fingerprint density at radius 3 is 2.56 bits per heavy atom. The van der Waals surface area contributed by atoms with Crippen LogP contribution in [0.3, 0.4) is 0 Å². The maximum absolute atomic E-state index is 12.5. The zero-order chi connectivity index (χ0) is 17.9. The number of rotatable bonds is 6. The molecular weight excluding hydrogens is 338 g/mol. The Kier molecular flexibility index (Phi) is 6.04. The number of carbonyl (C=O) groups excluding carboxylic acids is 1. The van der Waals surface area contributed by atoms with Gasteiger partial charge < -0.3 is 10.0 Å². The number of aliphatic hydroxyl groups is 1. The van der Waals surface area contributed by atoms with Crippen LogP contribution in [0.2, 0.25) is 0 Å². The number of nitrogens with one attached hydrogen (secondary N) is 1. The van der Waals surface area contributed by atoms with Crippen LogP contribution in [-0.4, -0.2) is 75.4 Å². The molecule has 7 nitrogen and oxygen atoms in total. The second-order valence-electron chi connectivity index (χ2n) is 7.26. The second-order valence-corrected chi connectivity index (χ2v) is 8.33. The van der Waals surface area contributed by atoms with E-state index >= 15 is 0 Å². The molecule has 0 unspecified atom stereocenters. The van der Waals surface area contributed by atoms with E-state index in [1.54, 1.807) is 0 Å². The third-order valence-electron chi connectivity index (χ3n) is 5.37. The molecular formula is C17H29N5O2S. The Morgan fingerprint density at radius 2 is 1.96 bits per heavy atom. The van der Waals surface area contributed by atoms with E-state index in [0.29, 0.717) is 5.13 Å². The molecule has 1 aromatic rings. The first-order chi connectivity index (χ1) is 12.0. The summed E-state index contributed by atoms with van der Waals surface area (Å²) in [6.07, 6.45) is 4.75. The predicted molar refractivity (Wildman–Crippen MR) is 98.8 cm³/mol. The summed E-state index contributed by atoms with van der Waals surface area (Å²) in [4.78, 5) is 17.0. The quantitative estimate of drug-likeness (QED) is 0.790. The number of hydrogen-bond acceptors (Lipinski definition) is 7. The van der Waals surface area contributed by atoms with Gasteiger partial charge in [0.1, 0.15) is 5.01 Å². The molecule has 3 rings (SSSR count). The number of likely N-dealkylation sites (tertiary alicyclic amines) is 2. The van der Waals surface area contributed by atoms with Crippen molar-refractivity contribution in [2.24, 2.45) is 0 Å². The van der Waals surface area contributed by atoms with Crippen molar-refractivity contribution in [2.45, 2.75) is 57.6 Å². The summed E-state index contributed by atoms with van der Waals surface area (Å²) in [6, 6.07) is -0.231. The normalized spacial score (nSPS) is 22.8. The molecule has 2 aliphatic rings. The van der Waals surface area contributed by atoms with Crippen LogP contribution < -0.4 is 5.32 Å². The molecule has 0 bridgehead atoms. The lowest BCUT2D eigenvalue weighted by molar-refractivity contribution is -0.123. The highest BCUT2D eigenvalue weighted by Crippen LogP contribution is 2.26. The highest BCUT2D eigenvalue weighted by atomic mass is 32.1. The molecule has 1 atom stereocenters. The van der Waals surface area contributed by atoms with Gasteiger partial charge in [-0.15, -0.1) is 10.2 Å². The number of amides is 1. The molecule has 25 heavy (non-hydrogen) atoms. The van der Waals surface area contributed by atoms with Gasteiger partial charge in [-0.2, -0.15) is 0 Å². The maximum Gasteiger partial charge on any atom is 0.243 e. The van der Waals surface area contributed by atoms with Crippen molar-refractivity contribution in [3.05, 3.63) is 5.01 Å². The minimum absolute atomic E-state index is 0.0521. The first-order valence-corrected chi connectivity index (χ1v) is 10.1. The molecule has 140 valence electrons. The maximum atomic E-state index is 12.5. The van der Waals surface area contributed by atoms with Gasteiger partial charge in [0.25, 0.3) is 0 Å². The zero-order valence-corrected chi connectivity index (χ0v) is 16.0. The largest absolute Gasteiger partial charge is 0.388 e. The van der Waals surface area contributed by atoms with Crippen molar-refractivity contribution in [1.82, 2.24) is 20.0 Å². The lowest BCUT2D eigenvalue weighted by Gasteiger charge is -2.41. The summed E-state index contributed by atoms with van der Waals surface area (Å²) in [5.41, 5.74) is -0.605. The van der Waals surface area contributed by atoms with E-state index in [1.807, 2.05) is 13.8 Å². The van der Waals surface area contributed by atoms with Crippen molar-refractivity contribution >= 4 is 22.4 Å². The van der Waals surface area contributed by atoms with Gasteiger partial charge in [-0.05, 0) is 52.1 Å². The SMILES string of the molecule is CCc1nnc(NC(=O)[C@H](C)N2CCC(O)(CN3CCCC3)CC2)s1. The molecule has 0 aliphatic carbocycles. The van der Waals surface area contributed by atoms with Crippen LogP contribution in [0, 0.1) is 0 Å². The first-order valence-electron chi connectivity index (χ1n) is 9.31. The van der Waals surface area contributed by atoms with E-state index in [4.69, 9.17) is 0 Å². The van der Waals surface area contributed by atoms with Gasteiger partial charge in [-0.3, -0.25) is 15.0 Å². The Morgan fingerprint density at radius 1 is 1.28 bits per heavy atom. The molecule has 0 saturated carbocycles. The highest BCUT2D eigenvalue weighted by Gasteiger charge is 2.37. The molecule has 2 fully saturated rings.